The Morgan fingerprint density at radius 3 is 2.21 bits per heavy atom. The molecular formula is C20H30ClNO7. The van der Waals surface area contributed by atoms with Crippen LogP contribution in [0.1, 0.15) is 59.6 Å². The van der Waals surface area contributed by atoms with Gasteiger partial charge in [0.05, 0.1) is 17.5 Å². The van der Waals surface area contributed by atoms with Crippen molar-refractivity contribution in [1.29, 1.82) is 0 Å². The molecule has 0 bridgehead atoms. The van der Waals surface area contributed by atoms with Gasteiger partial charge in [0.25, 0.3) is 0 Å². The molecule has 9 heteroatoms. The number of esters is 1. The van der Waals surface area contributed by atoms with Gasteiger partial charge < -0.3 is 29.4 Å². The van der Waals surface area contributed by atoms with Crippen molar-refractivity contribution in [2.75, 3.05) is 13.9 Å². The molecule has 29 heavy (non-hydrogen) atoms. The van der Waals surface area contributed by atoms with Crippen molar-refractivity contribution in [1.82, 2.24) is 5.32 Å². The molecule has 0 saturated carbocycles. The lowest BCUT2D eigenvalue weighted by molar-refractivity contribution is -0.155. The van der Waals surface area contributed by atoms with Crippen LogP contribution in [0.15, 0.2) is 12.1 Å². The zero-order chi connectivity index (χ0) is 22.4. The smallest absolute Gasteiger partial charge is 0.408 e. The second kappa shape index (κ2) is 10.0. The standard InChI is InChI=1S/C20H30ClNO7/c1-19(2,3)28-16(23)10-14(22-18(25)29-20(4,5)6)12-8-13(21)17(24)15(9-12)27-11-26-7/h8-9,14,24H,10-11H2,1-7H3,(H,22,25)/t14-/m0/s1. The molecule has 8 nitrogen and oxygen atoms in total. The van der Waals surface area contributed by atoms with Crippen LogP contribution < -0.4 is 10.1 Å². The minimum Gasteiger partial charge on any atom is -0.503 e. The largest absolute Gasteiger partial charge is 0.503 e. The number of hydrogen-bond acceptors (Lipinski definition) is 7. The minimum atomic E-state index is -0.831. The van der Waals surface area contributed by atoms with E-state index in [9.17, 15) is 14.7 Å². The maximum atomic E-state index is 12.4. The van der Waals surface area contributed by atoms with E-state index in [-0.39, 0.29) is 29.7 Å². The molecule has 1 amide bonds. The molecule has 0 heterocycles. The zero-order valence-corrected chi connectivity index (χ0v) is 18.7. The van der Waals surface area contributed by atoms with Crippen molar-refractivity contribution in [2.24, 2.45) is 0 Å². The second-order valence-electron chi connectivity index (χ2n) is 8.39. The van der Waals surface area contributed by atoms with E-state index in [1.54, 1.807) is 41.5 Å². The van der Waals surface area contributed by atoms with E-state index in [1.165, 1.54) is 19.2 Å². The molecule has 0 aliphatic rings. The molecule has 0 unspecified atom stereocenters. The molecular weight excluding hydrogens is 402 g/mol. The number of methoxy groups -OCH3 is 1. The number of carbonyl (C=O) groups excluding carboxylic acids is 2. The van der Waals surface area contributed by atoms with Gasteiger partial charge in [-0.15, -0.1) is 0 Å². The van der Waals surface area contributed by atoms with Crippen LogP contribution in [0.3, 0.4) is 0 Å². The van der Waals surface area contributed by atoms with E-state index < -0.39 is 29.3 Å². The van der Waals surface area contributed by atoms with Gasteiger partial charge in [0.1, 0.15) is 11.2 Å². The quantitative estimate of drug-likeness (QED) is 0.489. The van der Waals surface area contributed by atoms with E-state index in [4.69, 9.17) is 30.5 Å². The number of amides is 1. The number of alkyl carbamates (subject to hydrolysis) is 1. The molecule has 0 spiro atoms. The molecule has 0 aliphatic carbocycles. The highest BCUT2D eigenvalue weighted by Gasteiger charge is 2.27. The van der Waals surface area contributed by atoms with E-state index in [1.807, 2.05) is 0 Å². The van der Waals surface area contributed by atoms with Crippen LogP contribution in [0, 0.1) is 0 Å². The summed E-state index contributed by atoms with van der Waals surface area (Å²) in [4.78, 5) is 24.7. The highest BCUT2D eigenvalue weighted by molar-refractivity contribution is 6.32. The van der Waals surface area contributed by atoms with Crippen molar-refractivity contribution in [3.63, 3.8) is 0 Å². The number of halogens is 1. The lowest BCUT2D eigenvalue weighted by atomic mass is 10.0. The fourth-order valence-corrected chi connectivity index (χ4v) is 2.50. The van der Waals surface area contributed by atoms with Crippen LogP contribution in [0.2, 0.25) is 5.02 Å². The van der Waals surface area contributed by atoms with Gasteiger partial charge in [-0.05, 0) is 59.2 Å². The third-order valence-electron chi connectivity index (χ3n) is 3.27. The topological polar surface area (TPSA) is 103 Å². The van der Waals surface area contributed by atoms with E-state index in [2.05, 4.69) is 5.32 Å². The van der Waals surface area contributed by atoms with Crippen LogP contribution in [-0.2, 0) is 19.0 Å². The molecule has 0 aliphatic heterocycles. The first kappa shape index (κ1) is 24.8. The first-order valence-corrected chi connectivity index (χ1v) is 9.45. The summed E-state index contributed by atoms with van der Waals surface area (Å²) in [5.74, 6) is -0.752. The summed E-state index contributed by atoms with van der Waals surface area (Å²) < 4.78 is 20.8. The molecule has 0 radical (unpaired) electrons. The predicted molar refractivity (Wildman–Crippen MR) is 108 cm³/mol. The van der Waals surface area contributed by atoms with Gasteiger partial charge in [0, 0.05) is 7.11 Å². The molecule has 1 aromatic carbocycles. The molecule has 1 aromatic rings. The van der Waals surface area contributed by atoms with Crippen LogP contribution in [0.4, 0.5) is 4.79 Å². The third kappa shape index (κ3) is 9.23. The van der Waals surface area contributed by atoms with Crippen molar-refractivity contribution in [2.45, 2.75) is 65.2 Å². The first-order valence-electron chi connectivity index (χ1n) is 9.07. The van der Waals surface area contributed by atoms with Crippen LogP contribution in [0.5, 0.6) is 11.5 Å². The maximum Gasteiger partial charge on any atom is 0.408 e. The van der Waals surface area contributed by atoms with Gasteiger partial charge >= 0.3 is 12.1 Å². The van der Waals surface area contributed by atoms with Crippen molar-refractivity contribution < 1.29 is 33.6 Å². The van der Waals surface area contributed by atoms with Crippen molar-refractivity contribution >= 4 is 23.7 Å². The number of ether oxygens (including phenoxy) is 4. The summed E-state index contributed by atoms with van der Waals surface area (Å²) >= 11 is 6.10. The predicted octanol–water partition coefficient (Wildman–Crippen LogP) is 4.33. The summed E-state index contributed by atoms with van der Waals surface area (Å²) in [6, 6.07) is 2.07. The normalized spacial score (nSPS) is 12.8. The lowest BCUT2D eigenvalue weighted by Gasteiger charge is -2.25. The van der Waals surface area contributed by atoms with Gasteiger partial charge in [0.15, 0.2) is 18.3 Å². The number of phenolic OH excluding ortho intramolecular Hbond substituents is 1. The molecule has 0 fully saturated rings. The molecule has 164 valence electrons. The number of hydrogen-bond donors (Lipinski definition) is 2. The van der Waals surface area contributed by atoms with E-state index in [0.717, 1.165) is 0 Å². The fraction of sp³-hybridized carbons (Fsp3) is 0.600. The maximum absolute atomic E-state index is 12.4. The zero-order valence-electron chi connectivity index (χ0n) is 17.9. The second-order valence-corrected chi connectivity index (χ2v) is 8.80. The Bertz CT molecular complexity index is 693. The fourth-order valence-electron chi connectivity index (χ4n) is 2.28. The van der Waals surface area contributed by atoms with E-state index in [0.29, 0.717) is 5.56 Å². The minimum absolute atomic E-state index is 0.00576. The monoisotopic (exact) mass is 431 g/mol. The van der Waals surface area contributed by atoms with Crippen molar-refractivity contribution in [3.05, 3.63) is 22.7 Å². The molecule has 1 atom stereocenters. The van der Waals surface area contributed by atoms with E-state index >= 15 is 0 Å². The number of aromatic hydroxyl groups is 1. The number of phenols is 1. The molecule has 1 rings (SSSR count). The summed E-state index contributed by atoms with van der Waals surface area (Å²) in [5, 5.41) is 12.7. The number of nitrogens with one attached hydrogen (secondary N) is 1. The Labute approximate surface area is 176 Å². The van der Waals surface area contributed by atoms with Crippen molar-refractivity contribution in [3.8, 4) is 11.5 Å². The van der Waals surface area contributed by atoms with Gasteiger partial charge in [-0.3, -0.25) is 4.79 Å². The highest BCUT2D eigenvalue weighted by atomic mass is 35.5. The molecule has 0 aromatic heterocycles. The van der Waals surface area contributed by atoms with Crippen LogP contribution in [0.25, 0.3) is 0 Å². The third-order valence-corrected chi connectivity index (χ3v) is 3.56. The highest BCUT2D eigenvalue weighted by Crippen LogP contribution is 2.37. The SMILES string of the molecule is COCOc1cc([C@H](CC(=O)OC(C)(C)C)NC(=O)OC(C)(C)C)cc(Cl)c1O. The Morgan fingerprint density at radius 2 is 1.69 bits per heavy atom. The van der Waals surface area contributed by atoms with Gasteiger partial charge in [-0.25, -0.2) is 4.79 Å². The summed E-state index contributed by atoms with van der Waals surface area (Å²) in [7, 11) is 1.43. The molecule has 2 N–H and O–H groups in total. The Kier molecular flexibility index (Phi) is 8.59. The van der Waals surface area contributed by atoms with Crippen LogP contribution in [-0.4, -0.2) is 42.3 Å². The summed E-state index contributed by atoms with van der Waals surface area (Å²) in [6.07, 6.45) is -0.893. The number of rotatable bonds is 7. The number of benzene rings is 1. The van der Waals surface area contributed by atoms with Gasteiger partial charge in [-0.2, -0.15) is 0 Å². The van der Waals surface area contributed by atoms with Gasteiger partial charge in [0.2, 0.25) is 0 Å². The Morgan fingerprint density at radius 1 is 1.10 bits per heavy atom. The Hall–Kier alpha value is -2.19. The summed E-state index contributed by atoms with van der Waals surface area (Å²) in [6.45, 7) is 10.3. The van der Waals surface area contributed by atoms with Crippen LogP contribution >= 0.6 is 11.6 Å². The first-order chi connectivity index (χ1) is 13.2. The molecule has 0 saturated heterocycles. The lowest BCUT2D eigenvalue weighted by Crippen LogP contribution is -2.36. The Balaban J connectivity index is 3.20. The number of carbonyl (C=O) groups is 2. The van der Waals surface area contributed by atoms with Gasteiger partial charge in [-0.1, -0.05) is 11.6 Å². The average Bonchev–Trinajstić information content (AvgIpc) is 2.51. The summed E-state index contributed by atoms with van der Waals surface area (Å²) in [5.41, 5.74) is -0.983. The average molecular weight is 432 g/mol.